The van der Waals surface area contributed by atoms with E-state index in [0.29, 0.717) is 5.41 Å². The van der Waals surface area contributed by atoms with Gasteiger partial charge < -0.3 is 19.5 Å². The van der Waals surface area contributed by atoms with Crippen LogP contribution in [0.25, 0.3) is 0 Å². The second kappa shape index (κ2) is 6.98. The topological polar surface area (TPSA) is 41.8 Å². The maximum Gasteiger partial charge on any atom is 0.193 e. The molecule has 21 heavy (non-hydrogen) atoms. The fourth-order valence-electron chi connectivity index (χ4n) is 2.64. The molecule has 0 saturated heterocycles. The van der Waals surface area contributed by atoms with Gasteiger partial charge in [0.05, 0.1) is 6.54 Å². The highest BCUT2D eigenvalue weighted by atomic mass is 16.5. The molecule has 1 saturated carbocycles. The lowest BCUT2D eigenvalue weighted by Crippen LogP contribution is -2.41. The van der Waals surface area contributed by atoms with Crippen LogP contribution >= 0.6 is 0 Å². The Bertz CT molecular complexity index is 476. The molecule has 1 aliphatic rings. The highest BCUT2D eigenvalue weighted by Crippen LogP contribution is 2.48. The Morgan fingerprint density at radius 1 is 1.52 bits per heavy atom. The Morgan fingerprint density at radius 3 is 2.81 bits per heavy atom. The summed E-state index contributed by atoms with van der Waals surface area (Å²) in [4.78, 5) is 6.57. The molecule has 0 radical (unpaired) electrons. The van der Waals surface area contributed by atoms with Gasteiger partial charge in [-0.25, -0.2) is 0 Å². The highest BCUT2D eigenvalue weighted by molar-refractivity contribution is 5.79. The van der Waals surface area contributed by atoms with Gasteiger partial charge in [0, 0.05) is 53.3 Å². The van der Waals surface area contributed by atoms with Crippen LogP contribution in [0.15, 0.2) is 23.3 Å². The predicted octanol–water partition coefficient (Wildman–Crippen LogP) is 1.85. The van der Waals surface area contributed by atoms with E-state index in [1.807, 2.05) is 7.05 Å². The number of nitrogens with zero attached hydrogens (tertiary/aromatic N) is 3. The average Bonchev–Trinajstić information content (AvgIpc) is 3.14. The van der Waals surface area contributed by atoms with E-state index in [-0.39, 0.29) is 0 Å². The third-order valence-corrected chi connectivity index (χ3v) is 4.44. The minimum Gasteiger partial charge on any atom is -0.385 e. The monoisotopic (exact) mass is 292 g/mol. The van der Waals surface area contributed by atoms with Crippen LogP contribution < -0.4 is 5.32 Å². The Hall–Kier alpha value is -1.49. The molecule has 0 aromatic carbocycles. The molecule has 1 aliphatic carbocycles. The van der Waals surface area contributed by atoms with Crippen LogP contribution in [-0.4, -0.2) is 49.8 Å². The van der Waals surface area contributed by atoms with Crippen LogP contribution in [0.5, 0.6) is 0 Å². The van der Waals surface area contributed by atoms with E-state index in [1.165, 1.54) is 18.5 Å². The highest BCUT2D eigenvalue weighted by Gasteiger charge is 2.42. The second-order valence-corrected chi connectivity index (χ2v) is 6.11. The normalized spacial score (nSPS) is 16.9. The van der Waals surface area contributed by atoms with Crippen molar-refractivity contribution in [2.24, 2.45) is 17.5 Å². The predicted molar refractivity (Wildman–Crippen MR) is 86.4 cm³/mol. The summed E-state index contributed by atoms with van der Waals surface area (Å²) < 4.78 is 7.35. The van der Waals surface area contributed by atoms with E-state index >= 15 is 0 Å². The summed E-state index contributed by atoms with van der Waals surface area (Å²) in [5.41, 5.74) is 1.71. The third-order valence-electron chi connectivity index (χ3n) is 4.44. The van der Waals surface area contributed by atoms with Gasteiger partial charge in [0.2, 0.25) is 0 Å². The quantitative estimate of drug-likeness (QED) is 0.616. The van der Waals surface area contributed by atoms with E-state index in [9.17, 15) is 0 Å². The molecule has 1 fully saturated rings. The number of hydrogen-bond acceptors (Lipinski definition) is 2. The van der Waals surface area contributed by atoms with Gasteiger partial charge in [-0.15, -0.1) is 0 Å². The van der Waals surface area contributed by atoms with Crippen LogP contribution in [-0.2, 0) is 18.3 Å². The number of aliphatic imine (C=N–C) groups is 1. The maximum absolute atomic E-state index is 5.21. The van der Waals surface area contributed by atoms with Gasteiger partial charge in [-0.2, -0.15) is 0 Å². The zero-order valence-electron chi connectivity index (χ0n) is 13.7. The molecule has 1 aromatic rings. The SMILES string of the molecule is CN=C(NCC1(CCOC)CC1)N(C)Cc1cccn1C. The number of aryl methyl sites for hydroxylation is 1. The fraction of sp³-hybridized carbons (Fsp3) is 0.688. The summed E-state index contributed by atoms with van der Waals surface area (Å²) in [6.45, 7) is 2.69. The van der Waals surface area contributed by atoms with Gasteiger partial charge in [0.15, 0.2) is 5.96 Å². The maximum atomic E-state index is 5.21. The minimum absolute atomic E-state index is 0.428. The van der Waals surface area contributed by atoms with Crippen LogP contribution in [0.2, 0.25) is 0 Å². The molecule has 118 valence electrons. The fourth-order valence-corrected chi connectivity index (χ4v) is 2.64. The Kier molecular flexibility index (Phi) is 5.28. The van der Waals surface area contributed by atoms with Crippen molar-refractivity contribution >= 4 is 5.96 Å². The largest absolute Gasteiger partial charge is 0.385 e. The van der Waals surface area contributed by atoms with E-state index in [0.717, 1.165) is 32.1 Å². The summed E-state index contributed by atoms with van der Waals surface area (Å²) >= 11 is 0. The van der Waals surface area contributed by atoms with Crippen molar-refractivity contribution in [2.75, 3.05) is 34.4 Å². The molecule has 1 aromatic heterocycles. The second-order valence-electron chi connectivity index (χ2n) is 6.11. The third kappa shape index (κ3) is 4.24. The average molecular weight is 292 g/mol. The van der Waals surface area contributed by atoms with Crippen LogP contribution in [0, 0.1) is 5.41 Å². The molecule has 0 spiro atoms. The molecule has 5 nitrogen and oxygen atoms in total. The number of nitrogens with one attached hydrogen (secondary N) is 1. The lowest BCUT2D eigenvalue weighted by molar-refractivity contribution is 0.172. The molecule has 0 bridgehead atoms. The first-order chi connectivity index (χ1) is 10.1. The summed E-state index contributed by atoms with van der Waals surface area (Å²) in [5, 5.41) is 3.52. The van der Waals surface area contributed by atoms with Gasteiger partial charge in [-0.1, -0.05) is 0 Å². The zero-order chi connectivity index (χ0) is 15.3. The lowest BCUT2D eigenvalue weighted by atomic mass is 10.0. The number of hydrogen-bond donors (Lipinski definition) is 1. The Balaban J connectivity index is 1.84. The number of guanidine groups is 1. The van der Waals surface area contributed by atoms with Gasteiger partial charge in [0.1, 0.15) is 0 Å². The van der Waals surface area contributed by atoms with Gasteiger partial charge in [0.25, 0.3) is 0 Å². The standard InChI is InChI=1S/C16H28N4O/c1-17-15(18-13-16(7-8-16)9-11-21-4)20(3)12-14-6-5-10-19(14)2/h5-6,10H,7-9,11-13H2,1-4H3,(H,17,18). The van der Waals surface area contributed by atoms with Gasteiger partial charge >= 0.3 is 0 Å². The molecule has 2 rings (SSSR count). The Morgan fingerprint density at radius 2 is 2.29 bits per heavy atom. The van der Waals surface area contributed by atoms with E-state index in [4.69, 9.17) is 4.74 Å². The first-order valence-electron chi connectivity index (χ1n) is 7.61. The van der Waals surface area contributed by atoms with E-state index in [2.05, 4.69) is 52.2 Å². The first-order valence-corrected chi connectivity index (χ1v) is 7.61. The number of rotatable bonds is 7. The Labute approximate surface area is 128 Å². The van der Waals surface area contributed by atoms with Gasteiger partial charge in [-0.05, 0) is 36.8 Å². The smallest absolute Gasteiger partial charge is 0.193 e. The molecular formula is C16H28N4O. The molecule has 5 heteroatoms. The zero-order valence-corrected chi connectivity index (χ0v) is 13.7. The number of aromatic nitrogens is 1. The molecule has 0 atom stereocenters. The molecule has 0 amide bonds. The summed E-state index contributed by atoms with van der Waals surface area (Å²) in [5.74, 6) is 0.958. The van der Waals surface area contributed by atoms with Crippen molar-refractivity contribution < 1.29 is 4.74 Å². The molecular weight excluding hydrogens is 264 g/mol. The van der Waals surface area contributed by atoms with Crippen molar-refractivity contribution in [3.05, 3.63) is 24.0 Å². The molecule has 0 aliphatic heterocycles. The van der Waals surface area contributed by atoms with Crippen molar-refractivity contribution in [2.45, 2.75) is 25.8 Å². The molecule has 1 N–H and O–H groups in total. The van der Waals surface area contributed by atoms with Crippen molar-refractivity contribution in [1.82, 2.24) is 14.8 Å². The molecule has 0 unspecified atom stereocenters. The van der Waals surface area contributed by atoms with Crippen LogP contribution in [0.1, 0.15) is 25.0 Å². The van der Waals surface area contributed by atoms with E-state index in [1.54, 1.807) is 7.11 Å². The number of ether oxygens (including phenoxy) is 1. The van der Waals surface area contributed by atoms with Crippen LogP contribution in [0.4, 0.5) is 0 Å². The van der Waals surface area contributed by atoms with Crippen molar-refractivity contribution in [1.29, 1.82) is 0 Å². The number of methoxy groups -OCH3 is 1. The van der Waals surface area contributed by atoms with E-state index < -0.39 is 0 Å². The first kappa shape index (κ1) is 15.9. The van der Waals surface area contributed by atoms with Crippen LogP contribution in [0.3, 0.4) is 0 Å². The van der Waals surface area contributed by atoms with Crippen molar-refractivity contribution in [3.8, 4) is 0 Å². The van der Waals surface area contributed by atoms with Crippen molar-refractivity contribution in [3.63, 3.8) is 0 Å². The minimum atomic E-state index is 0.428. The molecule has 1 heterocycles. The summed E-state index contributed by atoms with van der Waals surface area (Å²) in [6, 6.07) is 4.22. The summed E-state index contributed by atoms with van der Waals surface area (Å²) in [7, 11) is 7.77. The lowest BCUT2D eigenvalue weighted by Gasteiger charge is -2.24. The van der Waals surface area contributed by atoms with Gasteiger partial charge in [-0.3, -0.25) is 4.99 Å². The summed E-state index contributed by atoms with van der Waals surface area (Å²) in [6.07, 6.45) is 5.79.